The van der Waals surface area contributed by atoms with E-state index < -0.39 is 11.4 Å². The van der Waals surface area contributed by atoms with E-state index in [0.29, 0.717) is 59.5 Å². The third-order valence-electron chi connectivity index (χ3n) is 10.2. The fourth-order valence-electron chi connectivity index (χ4n) is 8.15. The van der Waals surface area contributed by atoms with E-state index in [1.54, 1.807) is 0 Å². The number of carbonyl (C=O) groups is 2. The molecule has 31 heavy (non-hydrogen) atoms. The van der Waals surface area contributed by atoms with Crippen LogP contribution in [0.5, 0.6) is 0 Å². The van der Waals surface area contributed by atoms with Crippen LogP contribution in [0.4, 0.5) is 0 Å². The predicted molar refractivity (Wildman–Crippen MR) is 127 cm³/mol. The summed E-state index contributed by atoms with van der Waals surface area (Å²) in [4.78, 5) is 24.2. The molecule has 8 atom stereocenters. The number of carboxylic acids is 1. The van der Waals surface area contributed by atoms with Gasteiger partial charge in [-0.15, -0.1) is 0 Å². The zero-order valence-corrected chi connectivity index (χ0v) is 20.8. The van der Waals surface area contributed by atoms with E-state index in [0.717, 1.165) is 18.8 Å². The van der Waals surface area contributed by atoms with Crippen LogP contribution < -0.4 is 0 Å². The second kappa shape index (κ2) is 9.40. The molecule has 0 aliphatic heterocycles. The lowest BCUT2D eigenvalue weighted by molar-refractivity contribution is -0.148. The van der Waals surface area contributed by atoms with Gasteiger partial charge in [-0.1, -0.05) is 53.7 Å². The first-order valence-electron chi connectivity index (χ1n) is 13.0. The Morgan fingerprint density at radius 3 is 2.42 bits per heavy atom. The Kier molecular flexibility index (Phi) is 7.43. The highest BCUT2D eigenvalue weighted by Crippen LogP contribution is 2.65. The molecule has 0 spiro atoms. The Labute approximate surface area is 190 Å². The van der Waals surface area contributed by atoms with Crippen molar-refractivity contribution in [2.45, 2.75) is 99.3 Å². The summed E-state index contributed by atoms with van der Waals surface area (Å²) < 4.78 is 0. The molecule has 3 fully saturated rings. The Balaban J connectivity index is 1.77. The number of aliphatic carboxylic acids is 1. The quantitative estimate of drug-likeness (QED) is 0.416. The van der Waals surface area contributed by atoms with Crippen molar-refractivity contribution < 1.29 is 14.7 Å². The fraction of sp³-hybridized carbons (Fsp3) is 0.857. The highest BCUT2D eigenvalue weighted by molar-refractivity contribution is 5.86. The van der Waals surface area contributed by atoms with Gasteiger partial charge in [-0.25, -0.2) is 0 Å². The molecule has 3 rings (SSSR count). The monoisotopic (exact) mass is 430 g/mol. The summed E-state index contributed by atoms with van der Waals surface area (Å²) in [6.45, 7) is 14.0. The molecule has 0 unspecified atom stereocenters. The molecule has 3 heteroatoms. The average Bonchev–Trinajstić information content (AvgIpc) is 3.06. The minimum absolute atomic E-state index is 0.117. The normalized spacial score (nSPS) is 40.0. The molecule has 0 aromatic rings. The molecule has 3 aliphatic rings. The molecule has 0 radical (unpaired) electrons. The maximum atomic E-state index is 13.0. The van der Waals surface area contributed by atoms with Gasteiger partial charge in [0.2, 0.25) is 0 Å². The van der Waals surface area contributed by atoms with Gasteiger partial charge in [-0.2, -0.15) is 0 Å². The van der Waals surface area contributed by atoms with Gasteiger partial charge in [0.05, 0.1) is 0 Å². The third-order valence-corrected chi connectivity index (χ3v) is 10.2. The number of carboxylic acid groups (broad SMARTS) is 1. The predicted octanol–water partition coefficient (Wildman–Crippen LogP) is 7.15. The summed E-state index contributed by atoms with van der Waals surface area (Å²) in [5.74, 6) is 3.90. The molecule has 0 saturated heterocycles. The Hall–Kier alpha value is -1.12. The van der Waals surface area contributed by atoms with Gasteiger partial charge in [0.15, 0.2) is 0 Å². The highest BCUT2D eigenvalue weighted by Gasteiger charge is 2.59. The molecule has 1 N–H and O–H groups in total. The first kappa shape index (κ1) is 24.5. The smallest absolute Gasteiger partial charge is 0.303 e. The van der Waals surface area contributed by atoms with Crippen LogP contribution in [0.15, 0.2) is 12.2 Å². The van der Waals surface area contributed by atoms with Crippen molar-refractivity contribution in [3.8, 4) is 0 Å². The van der Waals surface area contributed by atoms with Crippen molar-refractivity contribution in [2.24, 2.45) is 52.3 Å². The summed E-state index contributed by atoms with van der Waals surface area (Å²) in [5.41, 5.74) is -0.0730. The zero-order chi connectivity index (χ0) is 23.0. The van der Waals surface area contributed by atoms with E-state index in [-0.39, 0.29) is 6.42 Å². The van der Waals surface area contributed by atoms with E-state index >= 15 is 0 Å². The van der Waals surface area contributed by atoms with Crippen LogP contribution in [0.25, 0.3) is 0 Å². The summed E-state index contributed by atoms with van der Waals surface area (Å²) in [7, 11) is 0. The van der Waals surface area contributed by atoms with Crippen LogP contribution in [-0.4, -0.2) is 16.9 Å². The van der Waals surface area contributed by atoms with Crippen LogP contribution in [-0.2, 0) is 9.59 Å². The molecular formula is C28H46O3. The van der Waals surface area contributed by atoms with Crippen molar-refractivity contribution in [1.82, 2.24) is 0 Å². The maximum Gasteiger partial charge on any atom is 0.303 e. The van der Waals surface area contributed by atoms with Gasteiger partial charge in [0, 0.05) is 18.3 Å². The van der Waals surface area contributed by atoms with Gasteiger partial charge in [0.25, 0.3) is 0 Å². The average molecular weight is 431 g/mol. The molecule has 0 aromatic heterocycles. The summed E-state index contributed by atoms with van der Waals surface area (Å²) in [6.07, 6.45) is 13.4. The second-order valence-electron chi connectivity index (χ2n) is 11.9. The largest absolute Gasteiger partial charge is 0.481 e. The minimum atomic E-state index is -0.773. The zero-order valence-electron chi connectivity index (χ0n) is 20.8. The number of allylic oxidation sites excluding steroid dienone is 2. The second-order valence-corrected chi connectivity index (χ2v) is 11.9. The molecule has 176 valence electrons. The van der Waals surface area contributed by atoms with E-state index in [4.69, 9.17) is 0 Å². The third kappa shape index (κ3) is 4.53. The van der Waals surface area contributed by atoms with E-state index in [1.807, 2.05) is 0 Å². The Morgan fingerprint density at radius 1 is 1.10 bits per heavy atom. The summed E-state index contributed by atoms with van der Waals surface area (Å²) in [5, 5.41) is 9.25. The lowest BCUT2D eigenvalue weighted by atomic mass is 9.48. The molecule has 3 nitrogen and oxygen atoms in total. The molecule has 0 amide bonds. The van der Waals surface area contributed by atoms with Crippen molar-refractivity contribution in [1.29, 1.82) is 0 Å². The molecule has 0 heterocycles. The van der Waals surface area contributed by atoms with Crippen LogP contribution >= 0.6 is 0 Å². The van der Waals surface area contributed by atoms with E-state index in [9.17, 15) is 14.7 Å². The van der Waals surface area contributed by atoms with Gasteiger partial charge in [0.1, 0.15) is 5.78 Å². The van der Waals surface area contributed by atoms with Crippen molar-refractivity contribution in [3.05, 3.63) is 12.2 Å². The molecular weight excluding hydrogens is 384 g/mol. The fourth-order valence-corrected chi connectivity index (χ4v) is 8.15. The number of hydrogen-bond acceptors (Lipinski definition) is 2. The minimum Gasteiger partial charge on any atom is -0.481 e. The van der Waals surface area contributed by atoms with Gasteiger partial charge >= 0.3 is 5.97 Å². The van der Waals surface area contributed by atoms with Crippen molar-refractivity contribution >= 4 is 11.8 Å². The number of ketones is 1. The highest BCUT2D eigenvalue weighted by atomic mass is 16.4. The Bertz CT molecular complexity index is 694. The number of hydrogen-bond donors (Lipinski definition) is 1. The first-order valence-corrected chi connectivity index (χ1v) is 13.0. The van der Waals surface area contributed by atoms with Crippen LogP contribution in [0, 0.1) is 52.3 Å². The number of carbonyl (C=O) groups excluding carboxylic acids is 1. The lowest BCUT2D eigenvalue weighted by Crippen LogP contribution is -2.52. The van der Waals surface area contributed by atoms with Crippen molar-refractivity contribution in [2.75, 3.05) is 0 Å². The van der Waals surface area contributed by atoms with E-state index in [2.05, 4.69) is 53.7 Å². The summed E-state index contributed by atoms with van der Waals surface area (Å²) >= 11 is 0. The molecule has 0 bridgehead atoms. The summed E-state index contributed by atoms with van der Waals surface area (Å²) in [6, 6.07) is 0. The van der Waals surface area contributed by atoms with Gasteiger partial charge in [-0.3, -0.25) is 9.59 Å². The van der Waals surface area contributed by atoms with Crippen LogP contribution in [0.3, 0.4) is 0 Å². The number of rotatable bonds is 8. The first-order chi connectivity index (χ1) is 14.5. The van der Waals surface area contributed by atoms with Gasteiger partial charge < -0.3 is 5.11 Å². The van der Waals surface area contributed by atoms with Crippen molar-refractivity contribution in [3.63, 3.8) is 0 Å². The maximum absolute atomic E-state index is 13.0. The lowest BCUT2D eigenvalue weighted by Gasteiger charge is -2.56. The van der Waals surface area contributed by atoms with Crippen LogP contribution in [0.2, 0.25) is 0 Å². The Morgan fingerprint density at radius 2 is 1.81 bits per heavy atom. The van der Waals surface area contributed by atoms with Crippen LogP contribution in [0.1, 0.15) is 99.3 Å². The number of Topliss-reactive ketones (excluding diaryl/α,β-unsaturated/α-hetero) is 1. The van der Waals surface area contributed by atoms with E-state index in [1.165, 1.54) is 25.7 Å². The number of fused-ring (bicyclic) bond motifs is 3. The molecule has 3 aliphatic carbocycles. The van der Waals surface area contributed by atoms with Gasteiger partial charge in [-0.05, 0) is 91.8 Å². The molecule has 3 saturated carbocycles. The molecule has 0 aromatic carbocycles. The SMILES string of the molecule is CC[C@H](/C=C\[C@@H](C)[C@H]1CC[C@H]2[C@@H]3CCC(=O)[C@](C)(CCC(=O)O)[C@H]3CC[C@]12C)C(C)C. The topological polar surface area (TPSA) is 54.4 Å². The standard InChI is InChI=1S/C28H46O3/c1-7-20(18(2)3)9-8-19(4)22-11-12-23-21-10-13-25(29)28(6,17-15-26(30)31)24(21)14-16-27(22,23)5/h8-9,18-24H,7,10-17H2,1-6H3,(H,30,31)/b9-8-/t19-,20-,21+,22-,23+,24+,27-,28-/m1/s1.